The van der Waals surface area contributed by atoms with Gasteiger partial charge in [0.25, 0.3) is 0 Å². The van der Waals surface area contributed by atoms with Crippen LogP contribution in [0.2, 0.25) is 19.1 Å². The monoisotopic (exact) mass is 201 g/mol. The maximum Gasteiger partial charge on any atom is 0.311 e. The molecule has 0 bridgehead atoms. The molecule has 0 aliphatic rings. The van der Waals surface area contributed by atoms with E-state index in [2.05, 4.69) is 20.0 Å². The third kappa shape index (κ3) is 6.51. The number of ether oxygens (including phenoxy) is 1. The van der Waals surface area contributed by atoms with E-state index in [1.165, 1.54) is 0 Å². The van der Waals surface area contributed by atoms with Gasteiger partial charge in [-0.05, 0) is 6.92 Å². The summed E-state index contributed by atoms with van der Waals surface area (Å²) in [6.07, 6.45) is 0.712. The highest BCUT2D eigenvalue weighted by Gasteiger charge is 2.20. The molecule has 0 aromatic rings. The lowest BCUT2D eigenvalue weighted by atomic mass is 10.3. The number of hydrogen-bond acceptors (Lipinski definition) is 3. The molecule has 0 fully saturated rings. The van der Waals surface area contributed by atoms with Crippen LogP contribution >= 0.6 is 0 Å². The Bertz CT molecular complexity index is 202. The van der Waals surface area contributed by atoms with E-state index < -0.39 is 8.07 Å². The van der Waals surface area contributed by atoms with Crippen molar-refractivity contribution in [3.8, 4) is 0 Å². The molecular weight excluding hydrogens is 182 g/mol. The van der Waals surface area contributed by atoms with Crippen molar-refractivity contribution in [3.05, 3.63) is 0 Å². The van der Waals surface area contributed by atoms with E-state index in [1.807, 2.05) is 0 Å². The third-order valence-electron chi connectivity index (χ3n) is 1.99. The first-order valence-corrected chi connectivity index (χ1v) is 7.98. The number of rotatable bonds is 5. The second-order valence-corrected chi connectivity index (χ2v) is 9.46. The molecule has 0 aromatic heterocycles. The van der Waals surface area contributed by atoms with Crippen LogP contribution in [0, 0.1) is 5.41 Å². The Balaban J connectivity index is 3.76. The lowest BCUT2D eigenvalue weighted by molar-refractivity contribution is -0.140. The predicted octanol–water partition coefficient (Wildman–Crippen LogP) is 2.23. The molecule has 13 heavy (non-hydrogen) atoms. The van der Waals surface area contributed by atoms with Crippen molar-refractivity contribution in [2.75, 3.05) is 6.23 Å². The number of carbonyl (C=O) groups excluding carboxylic acids is 1. The number of nitrogens with one attached hydrogen (secondary N) is 1. The summed E-state index contributed by atoms with van der Waals surface area (Å²) < 4.78 is 5.09. The second-order valence-electron chi connectivity index (χ2n) is 4.14. The SMILES string of the molecule is CC[Si](C)(C)COC(=O)CC(C)=N. The lowest BCUT2D eigenvalue weighted by Crippen LogP contribution is -2.33. The van der Waals surface area contributed by atoms with Crippen LogP contribution in [0.1, 0.15) is 20.3 Å². The minimum Gasteiger partial charge on any atom is -0.469 e. The summed E-state index contributed by atoms with van der Waals surface area (Å²) in [6, 6.07) is 1.11. The molecule has 0 aromatic carbocycles. The van der Waals surface area contributed by atoms with E-state index in [0.29, 0.717) is 11.9 Å². The molecule has 0 heterocycles. The van der Waals surface area contributed by atoms with Crippen LogP contribution in [0.5, 0.6) is 0 Å². The van der Waals surface area contributed by atoms with Gasteiger partial charge in [0.2, 0.25) is 0 Å². The average molecular weight is 201 g/mol. The quantitative estimate of drug-likeness (QED) is 0.421. The van der Waals surface area contributed by atoms with Gasteiger partial charge in [0.15, 0.2) is 0 Å². The smallest absolute Gasteiger partial charge is 0.311 e. The molecule has 0 rings (SSSR count). The molecule has 0 unspecified atom stereocenters. The Morgan fingerprint density at radius 3 is 2.38 bits per heavy atom. The molecule has 0 atom stereocenters. The zero-order valence-electron chi connectivity index (χ0n) is 8.94. The van der Waals surface area contributed by atoms with Gasteiger partial charge in [-0.1, -0.05) is 26.1 Å². The number of esters is 1. The van der Waals surface area contributed by atoms with Crippen molar-refractivity contribution < 1.29 is 9.53 Å². The van der Waals surface area contributed by atoms with Crippen molar-refractivity contribution in [1.29, 1.82) is 5.41 Å². The van der Waals surface area contributed by atoms with Crippen molar-refractivity contribution in [2.24, 2.45) is 0 Å². The Labute approximate surface area is 81.0 Å². The van der Waals surface area contributed by atoms with E-state index in [1.54, 1.807) is 6.92 Å². The van der Waals surface area contributed by atoms with Crippen molar-refractivity contribution in [3.63, 3.8) is 0 Å². The second kappa shape index (κ2) is 5.17. The molecule has 0 amide bonds. The molecule has 0 aliphatic carbocycles. The van der Waals surface area contributed by atoms with Crippen LogP contribution in [-0.2, 0) is 9.53 Å². The maximum absolute atomic E-state index is 11.1. The first kappa shape index (κ1) is 12.4. The highest BCUT2D eigenvalue weighted by molar-refractivity contribution is 6.77. The molecule has 0 aliphatic heterocycles. The van der Waals surface area contributed by atoms with Gasteiger partial charge >= 0.3 is 5.97 Å². The fourth-order valence-electron chi connectivity index (χ4n) is 0.645. The topological polar surface area (TPSA) is 50.2 Å². The van der Waals surface area contributed by atoms with Crippen molar-refractivity contribution in [2.45, 2.75) is 39.4 Å². The van der Waals surface area contributed by atoms with E-state index in [9.17, 15) is 4.79 Å². The van der Waals surface area contributed by atoms with Gasteiger partial charge in [-0.25, -0.2) is 0 Å². The fourth-order valence-corrected chi connectivity index (χ4v) is 1.40. The molecule has 0 saturated carbocycles. The summed E-state index contributed by atoms with van der Waals surface area (Å²) >= 11 is 0. The lowest BCUT2D eigenvalue weighted by Gasteiger charge is -2.19. The number of carbonyl (C=O) groups is 1. The highest BCUT2D eigenvalue weighted by Crippen LogP contribution is 2.08. The predicted molar refractivity (Wildman–Crippen MR) is 56.9 cm³/mol. The first-order valence-electron chi connectivity index (χ1n) is 4.57. The zero-order chi connectivity index (χ0) is 10.5. The fraction of sp³-hybridized carbons (Fsp3) is 0.778. The molecule has 76 valence electrons. The van der Waals surface area contributed by atoms with Gasteiger partial charge in [0, 0.05) is 5.71 Å². The first-order chi connectivity index (χ1) is 5.87. The van der Waals surface area contributed by atoms with E-state index in [-0.39, 0.29) is 12.4 Å². The molecule has 0 saturated heterocycles. The minimum atomic E-state index is -1.30. The van der Waals surface area contributed by atoms with Crippen LogP contribution in [0.3, 0.4) is 0 Å². The van der Waals surface area contributed by atoms with Crippen molar-refractivity contribution >= 4 is 19.8 Å². The van der Waals surface area contributed by atoms with Gasteiger partial charge in [0.05, 0.1) is 20.7 Å². The Morgan fingerprint density at radius 2 is 2.00 bits per heavy atom. The van der Waals surface area contributed by atoms with E-state index in [0.717, 1.165) is 6.04 Å². The van der Waals surface area contributed by atoms with Crippen LogP contribution in [0.15, 0.2) is 0 Å². The van der Waals surface area contributed by atoms with Crippen LogP contribution in [-0.4, -0.2) is 26.0 Å². The van der Waals surface area contributed by atoms with Gasteiger partial charge < -0.3 is 10.1 Å². The van der Waals surface area contributed by atoms with Crippen molar-refractivity contribution in [1.82, 2.24) is 0 Å². The molecule has 0 spiro atoms. The largest absolute Gasteiger partial charge is 0.469 e. The molecular formula is C9H19NO2Si. The Morgan fingerprint density at radius 1 is 1.46 bits per heavy atom. The van der Waals surface area contributed by atoms with Gasteiger partial charge in [0.1, 0.15) is 0 Å². The molecule has 0 radical (unpaired) electrons. The molecule has 3 nitrogen and oxygen atoms in total. The third-order valence-corrected chi connectivity index (χ3v) is 4.83. The summed E-state index contributed by atoms with van der Waals surface area (Å²) in [5.74, 6) is -0.262. The summed E-state index contributed by atoms with van der Waals surface area (Å²) in [6.45, 7) is 8.13. The highest BCUT2D eigenvalue weighted by atomic mass is 28.3. The van der Waals surface area contributed by atoms with Crippen LogP contribution < -0.4 is 0 Å². The summed E-state index contributed by atoms with van der Waals surface area (Å²) in [4.78, 5) is 11.1. The van der Waals surface area contributed by atoms with E-state index >= 15 is 0 Å². The summed E-state index contributed by atoms with van der Waals surface area (Å²) in [5, 5.41) is 7.11. The number of hydrogen-bond donors (Lipinski definition) is 1. The van der Waals surface area contributed by atoms with Gasteiger partial charge in [-0.2, -0.15) is 0 Å². The normalized spacial score (nSPS) is 11.1. The summed E-state index contributed by atoms with van der Waals surface area (Å²) in [5.41, 5.74) is 0.362. The standard InChI is InChI=1S/C9H19NO2Si/c1-5-13(3,4)7-12-9(11)6-8(2)10/h10H,5-7H2,1-4H3. The van der Waals surface area contributed by atoms with Gasteiger partial charge in [-0.15, -0.1) is 0 Å². The Hall–Kier alpha value is -0.643. The maximum atomic E-state index is 11.1. The van der Waals surface area contributed by atoms with E-state index in [4.69, 9.17) is 10.1 Å². The Kier molecular flexibility index (Phi) is 4.91. The average Bonchev–Trinajstić information content (AvgIpc) is 2.00. The minimum absolute atomic E-state index is 0.133. The summed E-state index contributed by atoms with van der Waals surface area (Å²) in [7, 11) is -1.30. The van der Waals surface area contributed by atoms with Crippen LogP contribution in [0.4, 0.5) is 0 Å². The van der Waals surface area contributed by atoms with Crippen LogP contribution in [0.25, 0.3) is 0 Å². The zero-order valence-corrected chi connectivity index (χ0v) is 9.94. The molecule has 4 heteroatoms. The molecule has 1 N–H and O–H groups in total. The van der Waals surface area contributed by atoms with Gasteiger partial charge in [-0.3, -0.25) is 4.79 Å².